The molecule has 0 aliphatic heterocycles. The van der Waals surface area contributed by atoms with Crippen LogP contribution in [0.5, 0.6) is 0 Å². The number of nitrogens with one attached hydrogen (secondary N) is 1. The molecule has 0 saturated heterocycles. The molecule has 1 aromatic heterocycles. The summed E-state index contributed by atoms with van der Waals surface area (Å²) in [6, 6.07) is 3.60. The molecule has 0 amide bonds. The summed E-state index contributed by atoms with van der Waals surface area (Å²) in [5.41, 5.74) is 1.48. The van der Waals surface area contributed by atoms with Crippen LogP contribution >= 0.6 is 0 Å². The first-order valence-corrected chi connectivity index (χ1v) is 3.15. The van der Waals surface area contributed by atoms with E-state index in [9.17, 15) is 0 Å². The topological polar surface area (TPSA) is 60.5 Å². The Morgan fingerprint density at radius 3 is 2.91 bits per heavy atom. The Bertz CT molecular complexity index is 322. The number of aromatic nitrogens is 1. The number of pyridine rings is 1. The van der Waals surface area contributed by atoms with Crippen LogP contribution in [-0.2, 0) is 0 Å². The van der Waals surface area contributed by atoms with E-state index in [0.717, 1.165) is 0 Å². The second kappa shape index (κ2) is 2.93. The largest absolute Gasteiger partial charge is 0.305 e. The highest BCUT2D eigenvalue weighted by molar-refractivity contribution is 5.98. The van der Waals surface area contributed by atoms with Gasteiger partial charge in [-0.25, -0.2) is 0 Å². The SMILES string of the molecule is CC(=N)c1cnccc1C#N. The van der Waals surface area contributed by atoms with Crippen molar-refractivity contribution < 1.29 is 0 Å². The molecule has 0 atom stereocenters. The molecule has 0 radical (unpaired) electrons. The smallest absolute Gasteiger partial charge is 0.0999 e. The zero-order valence-electron chi connectivity index (χ0n) is 6.13. The number of hydrogen-bond acceptors (Lipinski definition) is 3. The quantitative estimate of drug-likeness (QED) is 0.606. The van der Waals surface area contributed by atoms with Crippen LogP contribution in [0.15, 0.2) is 18.5 Å². The third-order valence-corrected chi connectivity index (χ3v) is 1.35. The molecular formula is C8H7N3. The average Bonchev–Trinajstić information content (AvgIpc) is 2.04. The van der Waals surface area contributed by atoms with Crippen molar-refractivity contribution in [3.05, 3.63) is 29.6 Å². The van der Waals surface area contributed by atoms with Crippen molar-refractivity contribution in [3.63, 3.8) is 0 Å². The van der Waals surface area contributed by atoms with Gasteiger partial charge in [0.2, 0.25) is 0 Å². The van der Waals surface area contributed by atoms with E-state index < -0.39 is 0 Å². The minimum absolute atomic E-state index is 0.370. The highest BCUT2D eigenvalue weighted by atomic mass is 14.6. The maximum absolute atomic E-state index is 8.59. The lowest BCUT2D eigenvalue weighted by Gasteiger charge is -1.97. The first kappa shape index (κ1) is 7.42. The number of hydrogen-bond donors (Lipinski definition) is 1. The van der Waals surface area contributed by atoms with Gasteiger partial charge in [-0.3, -0.25) is 4.98 Å². The van der Waals surface area contributed by atoms with Gasteiger partial charge in [0, 0.05) is 23.7 Å². The Hall–Kier alpha value is -1.69. The lowest BCUT2D eigenvalue weighted by atomic mass is 10.1. The molecular weight excluding hydrogens is 138 g/mol. The van der Waals surface area contributed by atoms with E-state index in [2.05, 4.69) is 4.98 Å². The predicted molar refractivity (Wildman–Crippen MR) is 41.5 cm³/mol. The monoisotopic (exact) mass is 145 g/mol. The van der Waals surface area contributed by atoms with Crippen molar-refractivity contribution in [2.24, 2.45) is 0 Å². The lowest BCUT2D eigenvalue weighted by Crippen LogP contribution is -1.96. The third-order valence-electron chi connectivity index (χ3n) is 1.35. The van der Waals surface area contributed by atoms with E-state index in [1.165, 1.54) is 6.20 Å². The van der Waals surface area contributed by atoms with Crippen LogP contribution in [0.4, 0.5) is 0 Å². The van der Waals surface area contributed by atoms with E-state index in [1.54, 1.807) is 19.2 Å². The van der Waals surface area contributed by atoms with Crippen LogP contribution in [0.1, 0.15) is 18.1 Å². The maximum atomic E-state index is 8.59. The lowest BCUT2D eigenvalue weighted by molar-refractivity contribution is 1.28. The van der Waals surface area contributed by atoms with E-state index in [1.807, 2.05) is 6.07 Å². The van der Waals surface area contributed by atoms with E-state index >= 15 is 0 Å². The van der Waals surface area contributed by atoms with Crippen molar-refractivity contribution in [3.8, 4) is 6.07 Å². The summed E-state index contributed by atoms with van der Waals surface area (Å²) >= 11 is 0. The summed E-state index contributed by atoms with van der Waals surface area (Å²) in [5.74, 6) is 0. The van der Waals surface area contributed by atoms with Gasteiger partial charge in [-0.05, 0) is 13.0 Å². The van der Waals surface area contributed by atoms with Crippen LogP contribution in [0.3, 0.4) is 0 Å². The van der Waals surface area contributed by atoms with Crippen LogP contribution in [0.2, 0.25) is 0 Å². The van der Waals surface area contributed by atoms with Gasteiger partial charge in [-0.2, -0.15) is 5.26 Å². The molecule has 3 nitrogen and oxygen atoms in total. The molecule has 3 heteroatoms. The summed E-state index contributed by atoms with van der Waals surface area (Å²) in [7, 11) is 0. The molecule has 54 valence electrons. The van der Waals surface area contributed by atoms with Crippen molar-refractivity contribution in [1.82, 2.24) is 4.98 Å². The Kier molecular flexibility index (Phi) is 1.98. The Labute approximate surface area is 64.8 Å². The third kappa shape index (κ3) is 1.41. The minimum Gasteiger partial charge on any atom is -0.305 e. The fourth-order valence-corrected chi connectivity index (χ4v) is 0.791. The van der Waals surface area contributed by atoms with Gasteiger partial charge >= 0.3 is 0 Å². The Morgan fingerprint density at radius 2 is 2.45 bits per heavy atom. The van der Waals surface area contributed by atoms with E-state index in [0.29, 0.717) is 16.8 Å². The highest BCUT2D eigenvalue weighted by Crippen LogP contribution is 2.04. The van der Waals surface area contributed by atoms with Gasteiger partial charge in [0.1, 0.15) is 0 Å². The second-order valence-electron chi connectivity index (χ2n) is 2.16. The number of nitriles is 1. The summed E-state index contributed by atoms with van der Waals surface area (Å²) in [6.45, 7) is 1.64. The summed E-state index contributed by atoms with van der Waals surface area (Å²) < 4.78 is 0. The van der Waals surface area contributed by atoms with Crippen LogP contribution in [0, 0.1) is 16.7 Å². The fourth-order valence-electron chi connectivity index (χ4n) is 0.791. The average molecular weight is 145 g/mol. The van der Waals surface area contributed by atoms with Crippen molar-refractivity contribution in [1.29, 1.82) is 10.7 Å². The molecule has 1 aromatic rings. The van der Waals surface area contributed by atoms with Gasteiger partial charge in [-0.1, -0.05) is 0 Å². The standard InChI is InChI=1S/C8H7N3/c1-6(10)8-5-11-3-2-7(8)4-9/h2-3,5,10H,1H3. The zero-order valence-corrected chi connectivity index (χ0v) is 6.13. The van der Waals surface area contributed by atoms with Crippen LogP contribution in [0.25, 0.3) is 0 Å². The van der Waals surface area contributed by atoms with Gasteiger partial charge in [0.15, 0.2) is 0 Å². The van der Waals surface area contributed by atoms with E-state index in [4.69, 9.17) is 10.7 Å². The second-order valence-corrected chi connectivity index (χ2v) is 2.16. The molecule has 1 rings (SSSR count). The first-order valence-electron chi connectivity index (χ1n) is 3.15. The maximum Gasteiger partial charge on any atom is 0.0999 e. The molecule has 0 bridgehead atoms. The molecule has 0 saturated carbocycles. The predicted octanol–water partition coefficient (Wildman–Crippen LogP) is 1.34. The molecule has 11 heavy (non-hydrogen) atoms. The van der Waals surface area contributed by atoms with Gasteiger partial charge in [0.25, 0.3) is 0 Å². The summed E-state index contributed by atoms with van der Waals surface area (Å²) in [5, 5.41) is 15.9. The minimum atomic E-state index is 0.370. The van der Waals surface area contributed by atoms with Crippen molar-refractivity contribution in [2.45, 2.75) is 6.92 Å². The normalized spacial score (nSPS) is 8.73. The number of rotatable bonds is 1. The fraction of sp³-hybridized carbons (Fsp3) is 0.125. The number of nitrogens with zero attached hydrogens (tertiary/aromatic N) is 2. The van der Waals surface area contributed by atoms with Gasteiger partial charge < -0.3 is 5.41 Å². The molecule has 0 aromatic carbocycles. The molecule has 0 spiro atoms. The van der Waals surface area contributed by atoms with Gasteiger partial charge in [-0.15, -0.1) is 0 Å². The molecule has 1 N–H and O–H groups in total. The Balaban J connectivity index is 3.26. The van der Waals surface area contributed by atoms with Crippen LogP contribution < -0.4 is 0 Å². The molecule has 0 aliphatic carbocycles. The highest BCUT2D eigenvalue weighted by Gasteiger charge is 2.01. The van der Waals surface area contributed by atoms with Crippen molar-refractivity contribution >= 4 is 5.71 Å². The van der Waals surface area contributed by atoms with Crippen LogP contribution in [-0.4, -0.2) is 10.7 Å². The molecule has 1 heterocycles. The molecule has 0 aliphatic rings. The van der Waals surface area contributed by atoms with Gasteiger partial charge in [0.05, 0.1) is 11.6 Å². The van der Waals surface area contributed by atoms with E-state index in [-0.39, 0.29) is 0 Å². The van der Waals surface area contributed by atoms with Crippen molar-refractivity contribution in [2.75, 3.05) is 0 Å². The summed E-state index contributed by atoms with van der Waals surface area (Å²) in [6.07, 6.45) is 3.08. The summed E-state index contributed by atoms with van der Waals surface area (Å²) in [4.78, 5) is 3.82. The molecule has 0 unspecified atom stereocenters. The Morgan fingerprint density at radius 1 is 1.73 bits per heavy atom. The molecule has 0 fully saturated rings. The zero-order chi connectivity index (χ0) is 8.27. The first-order chi connectivity index (χ1) is 5.25.